The van der Waals surface area contributed by atoms with Crippen LogP contribution in [0.25, 0.3) is 0 Å². The van der Waals surface area contributed by atoms with E-state index < -0.39 is 39.6 Å². The second-order valence-corrected chi connectivity index (χ2v) is 11.9. The number of sulfonamides is 1. The van der Waals surface area contributed by atoms with Crippen molar-refractivity contribution in [1.29, 1.82) is 0 Å². The van der Waals surface area contributed by atoms with E-state index in [0.29, 0.717) is 5.56 Å². The van der Waals surface area contributed by atoms with Crippen LogP contribution in [-0.2, 0) is 38.0 Å². The highest BCUT2D eigenvalue weighted by Crippen LogP contribution is 2.53. The lowest BCUT2D eigenvalue weighted by molar-refractivity contribution is -0.137. The van der Waals surface area contributed by atoms with Crippen molar-refractivity contribution in [3.05, 3.63) is 94.5 Å². The van der Waals surface area contributed by atoms with E-state index in [4.69, 9.17) is 9.57 Å². The number of aryl methyl sites for hydroxylation is 2. The van der Waals surface area contributed by atoms with Crippen molar-refractivity contribution in [3.8, 4) is 0 Å². The van der Waals surface area contributed by atoms with Crippen LogP contribution in [0, 0.1) is 13.8 Å². The summed E-state index contributed by atoms with van der Waals surface area (Å²) in [5.41, 5.74) is 3.97. The molecule has 1 fully saturated rings. The summed E-state index contributed by atoms with van der Waals surface area (Å²) in [4.78, 5) is 20.6. The van der Waals surface area contributed by atoms with E-state index in [0.717, 1.165) is 34.5 Å². The number of amides is 1. The van der Waals surface area contributed by atoms with Gasteiger partial charge in [-0.1, -0.05) is 47.5 Å². The third kappa shape index (κ3) is 4.91. The highest BCUT2D eigenvalue weighted by molar-refractivity contribution is 7.89. The molecule has 2 aliphatic heterocycles. The highest BCUT2D eigenvalue weighted by atomic mass is 32.2. The van der Waals surface area contributed by atoms with Crippen LogP contribution in [-0.4, -0.2) is 38.6 Å². The molecule has 40 heavy (non-hydrogen) atoms. The van der Waals surface area contributed by atoms with Crippen molar-refractivity contribution in [3.63, 3.8) is 0 Å². The molecule has 12 heteroatoms. The third-order valence-electron chi connectivity index (χ3n) is 7.34. The number of hydrogen-bond acceptors (Lipinski definition) is 6. The van der Waals surface area contributed by atoms with E-state index in [1.54, 1.807) is 31.3 Å². The number of fused-ring (bicyclic) bond motifs is 3. The fourth-order valence-corrected chi connectivity index (χ4v) is 6.98. The fourth-order valence-electron chi connectivity index (χ4n) is 5.33. The molecule has 0 aliphatic carbocycles. The number of likely N-dealkylation sites (N-methyl/N-ethyl adjacent to an activating group) is 1. The second kappa shape index (κ2) is 10.1. The van der Waals surface area contributed by atoms with E-state index in [1.807, 2.05) is 36.9 Å². The van der Waals surface area contributed by atoms with Crippen LogP contribution in [0.4, 0.5) is 23.7 Å². The van der Waals surface area contributed by atoms with Crippen molar-refractivity contribution in [2.75, 3.05) is 18.5 Å². The Morgan fingerprint density at radius 2 is 1.68 bits per heavy atom. The minimum Gasteiger partial charge on any atom is -0.443 e. The number of carbonyl (C=O) groups excluding carboxylic acids is 1. The number of rotatable bonds is 6. The maximum absolute atomic E-state index is 13.7. The molecule has 212 valence electrons. The number of ether oxygens (including phenoxy) is 1. The first-order chi connectivity index (χ1) is 18.8. The summed E-state index contributed by atoms with van der Waals surface area (Å²) in [6.45, 7) is 3.63. The van der Waals surface area contributed by atoms with E-state index in [9.17, 15) is 26.4 Å². The molecule has 8 nitrogen and oxygen atoms in total. The van der Waals surface area contributed by atoms with Crippen LogP contribution >= 0.6 is 0 Å². The molecule has 2 heterocycles. The van der Waals surface area contributed by atoms with Crippen LogP contribution in [0.1, 0.15) is 34.2 Å². The number of hydroxylamine groups is 1. The maximum atomic E-state index is 13.7. The average Bonchev–Trinajstić information content (AvgIpc) is 3.41. The van der Waals surface area contributed by atoms with E-state index in [-0.39, 0.29) is 24.5 Å². The number of nitrogens with one attached hydrogen (secondary N) is 1. The number of halogens is 3. The molecule has 2 unspecified atom stereocenters. The first-order valence-electron chi connectivity index (χ1n) is 12.5. The predicted octanol–water partition coefficient (Wildman–Crippen LogP) is 5.25. The van der Waals surface area contributed by atoms with Crippen molar-refractivity contribution in [2.24, 2.45) is 0 Å². The molecule has 0 spiro atoms. The Kier molecular flexibility index (Phi) is 7.05. The van der Waals surface area contributed by atoms with Crippen LogP contribution in [0.15, 0.2) is 71.6 Å². The number of carbonyl (C=O) groups is 1. The molecule has 0 radical (unpaired) electrons. The van der Waals surface area contributed by atoms with E-state index >= 15 is 0 Å². The minimum atomic E-state index is -4.47. The highest BCUT2D eigenvalue weighted by Gasteiger charge is 2.61. The van der Waals surface area contributed by atoms with Crippen molar-refractivity contribution < 1.29 is 36.0 Å². The zero-order valence-corrected chi connectivity index (χ0v) is 22.8. The Morgan fingerprint density at radius 3 is 2.33 bits per heavy atom. The van der Waals surface area contributed by atoms with Crippen molar-refractivity contribution >= 4 is 21.8 Å². The minimum absolute atomic E-state index is 0.140. The van der Waals surface area contributed by atoms with Crippen LogP contribution < -0.4 is 10.4 Å². The van der Waals surface area contributed by atoms with Gasteiger partial charge < -0.3 is 9.64 Å². The van der Waals surface area contributed by atoms with Crippen LogP contribution in [0.5, 0.6) is 0 Å². The van der Waals surface area contributed by atoms with Gasteiger partial charge >= 0.3 is 12.3 Å². The van der Waals surface area contributed by atoms with Gasteiger partial charge in [-0.3, -0.25) is 4.84 Å². The molecular weight excluding hydrogens is 547 g/mol. The molecule has 0 aromatic heterocycles. The van der Waals surface area contributed by atoms with Gasteiger partial charge in [0.1, 0.15) is 12.8 Å². The van der Waals surface area contributed by atoms with Crippen molar-refractivity contribution in [2.45, 2.75) is 49.7 Å². The first kappa shape index (κ1) is 27.9. The average molecular weight is 576 g/mol. The van der Waals surface area contributed by atoms with Crippen molar-refractivity contribution in [1.82, 2.24) is 9.79 Å². The number of hydrogen-bond donors (Lipinski definition) is 1. The van der Waals surface area contributed by atoms with Gasteiger partial charge in [-0.2, -0.15) is 23.0 Å². The smallest absolute Gasteiger partial charge is 0.431 e. The summed E-state index contributed by atoms with van der Waals surface area (Å²) in [5, 5.41) is 0. The standard InChI is InChI=1S/C28H28F3N3O5S/c1-18-4-11-22(12-5-18)40(36,37)34-15-14-27(23-16-19(2)6-13-24(23)33(3)25(27)34)39-32-26(35)38-17-20-7-9-21(10-8-20)28(29,30)31/h4-13,16,25H,14-15,17H2,1-3H3,(H,32,35). The molecule has 2 aliphatic rings. The molecule has 5 rings (SSSR count). The van der Waals surface area contributed by atoms with Gasteiger partial charge in [0, 0.05) is 31.3 Å². The van der Waals surface area contributed by atoms with Crippen LogP contribution in [0.3, 0.4) is 0 Å². The van der Waals surface area contributed by atoms with E-state index in [1.165, 1.54) is 16.4 Å². The van der Waals surface area contributed by atoms with Gasteiger partial charge in [0.25, 0.3) is 0 Å². The Hall–Kier alpha value is -3.61. The third-order valence-corrected chi connectivity index (χ3v) is 9.21. The number of anilines is 1. The lowest BCUT2D eigenvalue weighted by atomic mass is 9.92. The SMILES string of the molecule is Cc1ccc(S(=O)(=O)N2CCC3(ONC(=O)OCc4ccc(C(F)(F)F)cc4)c4cc(C)ccc4N(C)C23)cc1. The lowest BCUT2D eigenvalue weighted by Crippen LogP contribution is -2.53. The van der Waals surface area contributed by atoms with Gasteiger partial charge in [-0.15, -0.1) is 0 Å². The maximum Gasteiger partial charge on any atom is 0.431 e. The largest absolute Gasteiger partial charge is 0.443 e. The van der Waals surface area contributed by atoms with Gasteiger partial charge in [0.2, 0.25) is 10.0 Å². The second-order valence-electron chi connectivity index (χ2n) is 10.0. The summed E-state index contributed by atoms with van der Waals surface area (Å²) in [5.74, 6) is 0. The summed E-state index contributed by atoms with van der Waals surface area (Å²) < 4.78 is 72.4. The Balaban J connectivity index is 1.37. The molecule has 1 amide bonds. The molecule has 1 saturated heterocycles. The summed E-state index contributed by atoms with van der Waals surface area (Å²) in [6, 6.07) is 16.6. The van der Waals surface area contributed by atoms with Gasteiger partial charge in [-0.05, 0) is 49.7 Å². The zero-order chi connectivity index (χ0) is 28.9. The molecular formula is C28H28F3N3O5S. The normalized spacial score (nSPS) is 20.8. The molecule has 0 saturated carbocycles. The number of alkyl halides is 3. The predicted molar refractivity (Wildman–Crippen MR) is 141 cm³/mol. The molecule has 0 bridgehead atoms. The Labute approximate surface area is 230 Å². The topological polar surface area (TPSA) is 88.2 Å². The van der Waals surface area contributed by atoms with Gasteiger partial charge in [0.05, 0.1) is 10.5 Å². The zero-order valence-electron chi connectivity index (χ0n) is 22.0. The first-order valence-corrected chi connectivity index (χ1v) is 14.0. The summed E-state index contributed by atoms with van der Waals surface area (Å²) >= 11 is 0. The molecule has 1 N–H and O–H groups in total. The summed E-state index contributed by atoms with van der Waals surface area (Å²) in [7, 11) is -2.15. The van der Waals surface area contributed by atoms with Crippen LogP contribution in [0.2, 0.25) is 0 Å². The monoisotopic (exact) mass is 575 g/mol. The Bertz CT molecular complexity index is 1530. The number of nitrogens with zero attached hydrogens (tertiary/aromatic N) is 2. The summed E-state index contributed by atoms with van der Waals surface area (Å²) in [6.07, 6.45) is -5.98. The quantitative estimate of drug-likeness (QED) is 0.405. The fraction of sp³-hybridized carbons (Fsp3) is 0.321. The van der Waals surface area contributed by atoms with E-state index in [2.05, 4.69) is 5.48 Å². The molecule has 3 aromatic rings. The van der Waals surface area contributed by atoms with Gasteiger partial charge in [-0.25, -0.2) is 13.2 Å². The van der Waals surface area contributed by atoms with Gasteiger partial charge in [0.15, 0.2) is 5.60 Å². The molecule has 2 atom stereocenters. The number of benzene rings is 3. The Morgan fingerprint density at radius 1 is 1.02 bits per heavy atom. The lowest BCUT2D eigenvalue weighted by Gasteiger charge is -2.35. The molecule has 3 aromatic carbocycles.